The van der Waals surface area contributed by atoms with Crippen LogP contribution in [0.25, 0.3) is 10.8 Å². The van der Waals surface area contributed by atoms with Gasteiger partial charge in [-0.1, -0.05) is 45.0 Å². The van der Waals surface area contributed by atoms with E-state index in [1.165, 1.54) is 6.42 Å². The zero-order valence-corrected chi connectivity index (χ0v) is 16.4. The second-order valence-electron chi connectivity index (χ2n) is 8.04. The molecule has 2 aromatic carbocycles. The SMILES string of the molecule is CCC1=Nc2c(c(OC)cc3ccccc23)OC12N(C)CCCC2(C)C. The summed E-state index contributed by atoms with van der Waals surface area (Å²) in [4.78, 5) is 7.54. The number of methoxy groups -OCH3 is 1. The highest BCUT2D eigenvalue weighted by Crippen LogP contribution is 2.54. The maximum atomic E-state index is 6.89. The van der Waals surface area contributed by atoms with E-state index in [0.717, 1.165) is 53.1 Å². The lowest BCUT2D eigenvalue weighted by Crippen LogP contribution is -2.68. The highest BCUT2D eigenvalue weighted by molar-refractivity contribution is 6.05. The molecule has 0 aliphatic carbocycles. The van der Waals surface area contributed by atoms with Gasteiger partial charge in [-0.2, -0.15) is 0 Å². The average molecular weight is 352 g/mol. The minimum absolute atomic E-state index is 0.0385. The molecule has 2 heterocycles. The van der Waals surface area contributed by atoms with Crippen molar-refractivity contribution in [3.05, 3.63) is 30.3 Å². The summed E-state index contributed by atoms with van der Waals surface area (Å²) in [7, 11) is 3.86. The first-order valence-electron chi connectivity index (χ1n) is 9.52. The predicted octanol–water partition coefficient (Wildman–Crippen LogP) is 5.17. The summed E-state index contributed by atoms with van der Waals surface area (Å²) in [5.74, 6) is 1.52. The standard InChI is InChI=1S/C22H28N2O2/c1-6-18-22(21(2,3)12-9-13-24(22)4)26-20-17(25-5)14-15-10-7-8-11-16(15)19(20)23-18/h7-8,10-11,14H,6,9,12-13H2,1-5H3. The first-order valence-corrected chi connectivity index (χ1v) is 9.52. The molecule has 2 aromatic rings. The lowest BCUT2D eigenvalue weighted by Gasteiger charge is -2.56. The number of hydrogen-bond acceptors (Lipinski definition) is 4. The number of fused-ring (bicyclic) bond motifs is 3. The molecule has 1 spiro atoms. The van der Waals surface area contributed by atoms with Gasteiger partial charge in [0.05, 0.1) is 12.8 Å². The number of benzene rings is 2. The maximum absolute atomic E-state index is 6.89. The normalized spacial score (nSPS) is 24.9. The minimum atomic E-state index is -0.525. The molecular formula is C22H28N2O2. The van der Waals surface area contributed by atoms with Crippen LogP contribution < -0.4 is 9.47 Å². The molecule has 1 unspecified atom stereocenters. The fourth-order valence-electron chi connectivity index (χ4n) is 4.81. The van der Waals surface area contributed by atoms with E-state index in [1.807, 2.05) is 6.07 Å². The van der Waals surface area contributed by atoms with Crippen LogP contribution in [0.1, 0.15) is 40.0 Å². The van der Waals surface area contributed by atoms with Crippen molar-refractivity contribution in [2.45, 2.75) is 45.8 Å². The van der Waals surface area contributed by atoms with Crippen LogP contribution in [-0.4, -0.2) is 37.0 Å². The van der Waals surface area contributed by atoms with E-state index in [-0.39, 0.29) is 5.41 Å². The third kappa shape index (κ3) is 2.21. The van der Waals surface area contributed by atoms with Crippen LogP contribution in [0.2, 0.25) is 0 Å². The van der Waals surface area contributed by atoms with Gasteiger partial charge in [0.2, 0.25) is 5.72 Å². The molecule has 2 aliphatic heterocycles. The number of hydrogen-bond donors (Lipinski definition) is 0. The van der Waals surface area contributed by atoms with E-state index in [4.69, 9.17) is 14.5 Å². The molecule has 4 nitrogen and oxygen atoms in total. The largest absolute Gasteiger partial charge is 0.493 e. The lowest BCUT2D eigenvalue weighted by atomic mass is 9.70. The van der Waals surface area contributed by atoms with Gasteiger partial charge in [-0.25, -0.2) is 4.99 Å². The lowest BCUT2D eigenvalue weighted by molar-refractivity contribution is -0.128. The zero-order chi connectivity index (χ0) is 18.5. The van der Waals surface area contributed by atoms with Crippen LogP contribution in [0.15, 0.2) is 35.3 Å². The van der Waals surface area contributed by atoms with E-state index in [2.05, 4.69) is 57.0 Å². The molecule has 0 amide bonds. The summed E-state index contributed by atoms with van der Waals surface area (Å²) in [6, 6.07) is 10.4. The fraction of sp³-hybridized carbons (Fsp3) is 0.500. The van der Waals surface area contributed by atoms with E-state index >= 15 is 0 Å². The maximum Gasteiger partial charge on any atom is 0.207 e. The van der Waals surface area contributed by atoms with Gasteiger partial charge in [0.15, 0.2) is 11.5 Å². The molecule has 4 heteroatoms. The number of aliphatic imine (C=N–C) groups is 1. The zero-order valence-electron chi connectivity index (χ0n) is 16.4. The van der Waals surface area contributed by atoms with Crippen molar-refractivity contribution < 1.29 is 9.47 Å². The molecule has 1 fully saturated rings. The Labute approximate surface area is 155 Å². The van der Waals surface area contributed by atoms with Gasteiger partial charge < -0.3 is 9.47 Å². The number of piperidine rings is 1. The van der Waals surface area contributed by atoms with Crippen molar-refractivity contribution in [2.24, 2.45) is 10.4 Å². The molecule has 1 atom stereocenters. The molecule has 0 N–H and O–H groups in total. The Morgan fingerprint density at radius 3 is 2.73 bits per heavy atom. The molecule has 1 saturated heterocycles. The summed E-state index contributed by atoms with van der Waals surface area (Å²) in [6.45, 7) is 7.78. The molecule has 0 bridgehead atoms. The number of ether oxygens (including phenoxy) is 2. The van der Waals surface area contributed by atoms with Crippen LogP contribution in [0.5, 0.6) is 11.5 Å². The van der Waals surface area contributed by atoms with Gasteiger partial charge in [-0.05, 0) is 37.8 Å². The molecule has 0 aromatic heterocycles. The summed E-state index contributed by atoms with van der Waals surface area (Å²) >= 11 is 0. The quantitative estimate of drug-likeness (QED) is 0.747. The van der Waals surface area contributed by atoms with E-state index in [0.29, 0.717) is 0 Å². The number of likely N-dealkylation sites (tertiary alicyclic amines) is 1. The third-order valence-electron chi connectivity index (χ3n) is 6.13. The van der Waals surface area contributed by atoms with Crippen LogP contribution >= 0.6 is 0 Å². The molecule has 2 aliphatic rings. The summed E-state index contributed by atoms with van der Waals surface area (Å²) < 4.78 is 12.6. The van der Waals surface area contributed by atoms with Crippen molar-refractivity contribution in [1.82, 2.24) is 4.90 Å². The van der Waals surface area contributed by atoms with Crippen LogP contribution in [0.4, 0.5) is 5.69 Å². The van der Waals surface area contributed by atoms with E-state index in [9.17, 15) is 0 Å². The van der Waals surface area contributed by atoms with Gasteiger partial charge >= 0.3 is 0 Å². The molecule has 0 radical (unpaired) electrons. The summed E-state index contributed by atoms with van der Waals surface area (Å²) in [6.07, 6.45) is 3.15. The Kier molecular flexibility index (Phi) is 3.99. The second-order valence-corrected chi connectivity index (χ2v) is 8.04. The van der Waals surface area contributed by atoms with Gasteiger partial charge in [-0.15, -0.1) is 0 Å². The topological polar surface area (TPSA) is 34.1 Å². The Balaban J connectivity index is 2.03. The average Bonchev–Trinajstić information content (AvgIpc) is 2.64. The number of rotatable bonds is 2. The van der Waals surface area contributed by atoms with Crippen LogP contribution in [0, 0.1) is 5.41 Å². The molecular weight excluding hydrogens is 324 g/mol. The van der Waals surface area contributed by atoms with Crippen molar-refractivity contribution in [1.29, 1.82) is 0 Å². The first-order chi connectivity index (χ1) is 12.4. The highest BCUT2D eigenvalue weighted by Gasteiger charge is 2.57. The Morgan fingerprint density at radius 1 is 1.27 bits per heavy atom. The first kappa shape index (κ1) is 17.3. The summed E-state index contributed by atoms with van der Waals surface area (Å²) in [5, 5.41) is 2.23. The Bertz CT molecular complexity index is 887. The molecule has 26 heavy (non-hydrogen) atoms. The molecule has 138 valence electrons. The fourth-order valence-corrected chi connectivity index (χ4v) is 4.81. The van der Waals surface area contributed by atoms with Gasteiger partial charge in [0, 0.05) is 17.3 Å². The summed E-state index contributed by atoms with van der Waals surface area (Å²) in [5.41, 5.74) is 1.44. The molecule has 4 rings (SSSR count). The minimum Gasteiger partial charge on any atom is -0.493 e. The van der Waals surface area contributed by atoms with E-state index < -0.39 is 5.72 Å². The van der Waals surface area contributed by atoms with Crippen molar-refractivity contribution in [3.8, 4) is 11.5 Å². The van der Waals surface area contributed by atoms with Gasteiger partial charge in [-0.3, -0.25) is 4.90 Å². The smallest absolute Gasteiger partial charge is 0.207 e. The highest BCUT2D eigenvalue weighted by atomic mass is 16.5. The van der Waals surface area contributed by atoms with Crippen LogP contribution in [-0.2, 0) is 0 Å². The van der Waals surface area contributed by atoms with Crippen molar-refractivity contribution in [3.63, 3.8) is 0 Å². The van der Waals surface area contributed by atoms with E-state index in [1.54, 1.807) is 7.11 Å². The van der Waals surface area contributed by atoms with Crippen molar-refractivity contribution >= 4 is 22.2 Å². The van der Waals surface area contributed by atoms with Crippen molar-refractivity contribution in [2.75, 3.05) is 20.7 Å². The predicted molar refractivity (Wildman–Crippen MR) is 107 cm³/mol. The van der Waals surface area contributed by atoms with Gasteiger partial charge in [0.25, 0.3) is 0 Å². The van der Waals surface area contributed by atoms with Crippen LogP contribution in [0.3, 0.4) is 0 Å². The van der Waals surface area contributed by atoms with Gasteiger partial charge in [0.1, 0.15) is 5.69 Å². The Morgan fingerprint density at radius 2 is 2.04 bits per heavy atom. The Hall–Kier alpha value is -2.07. The second kappa shape index (κ2) is 5.98. The molecule has 0 saturated carbocycles. The number of nitrogens with zero attached hydrogens (tertiary/aromatic N) is 2. The third-order valence-corrected chi connectivity index (χ3v) is 6.13. The monoisotopic (exact) mass is 352 g/mol.